The van der Waals surface area contributed by atoms with Crippen molar-refractivity contribution in [3.63, 3.8) is 0 Å². The number of carboxylic acid groups (broad SMARTS) is 1. The summed E-state index contributed by atoms with van der Waals surface area (Å²) in [5, 5.41) is 9.07. The van der Waals surface area contributed by atoms with Crippen molar-refractivity contribution < 1.29 is 14.3 Å². The van der Waals surface area contributed by atoms with Gasteiger partial charge in [0.15, 0.2) is 0 Å². The Morgan fingerprint density at radius 1 is 1.42 bits per heavy atom. The van der Waals surface area contributed by atoms with E-state index in [-0.39, 0.29) is 5.56 Å². The molecule has 0 saturated heterocycles. The molecule has 1 aliphatic rings. The number of hydrogen-bond acceptors (Lipinski definition) is 3. The summed E-state index contributed by atoms with van der Waals surface area (Å²) in [6, 6.07) is 2.08. The number of rotatable bonds is 5. The van der Waals surface area contributed by atoms with Crippen molar-refractivity contribution in [3.05, 3.63) is 23.7 Å². The van der Waals surface area contributed by atoms with Crippen molar-refractivity contribution in [2.45, 2.75) is 51.6 Å². The Hall–Kier alpha value is -1.29. The van der Waals surface area contributed by atoms with E-state index in [2.05, 4.69) is 18.9 Å². The van der Waals surface area contributed by atoms with Crippen molar-refractivity contribution in [2.24, 2.45) is 5.92 Å². The summed E-state index contributed by atoms with van der Waals surface area (Å²) in [6.45, 7) is 2.84. The van der Waals surface area contributed by atoms with Crippen LogP contribution in [-0.2, 0) is 6.54 Å². The maximum absolute atomic E-state index is 11.0. The molecule has 1 N–H and O–H groups in total. The predicted molar refractivity (Wildman–Crippen MR) is 73.2 cm³/mol. The number of carboxylic acids is 1. The maximum Gasteiger partial charge on any atom is 0.339 e. The van der Waals surface area contributed by atoms with Crippen molar-refractivity contribution in [3.8, 4) is 0 Å². The molecule has 106 valence electrons. The molecule has 1 aromatic heterocycles. The fourth-order valence-corrected chi connectivity index (χ4v) is 3.00. The summed E-state index contributed by atoms with van der Waals surface area (Å²) in [6.07, 6.45) is 7.72. The Kier molecular flexibility index (Phi) is 4.64. The lowest BCUT2D eigenvalue weighted by atomic mass is 9.84. The second-order valence-corrected chi connectivity index (χ2v) is 5.56. The summed E-state index contributed by atoms with van der Waals surface area (Å²) < 4.78 is 5.31. The highest BCUT2D eigenvalue weighted by Crippen LogP contribution is 2.29. The molecule has 1 fully saturated rings. The van der Waals surface area contributed by atoms with Gasteiger partial charge in [-0.15, -0.1) is 0 Å². The van der Waals surface area contributed by atoms with E-state index in [0.717, 1.165) is 5.92 Å². The minimum Gasteiger partial charge on any atom is -0.478 e. The van der Waals surface area contributed by atoms with Crippen LogP contribution in [-0.4, -0.2) is 29.1 Å². The highest BCUT2D eigenvalue weighted by Gasteiger charge is 2.24. The third-order valence-electron chi connectivity index (χ3n) is 4.39. The first-order chi connectivity index (χ1) is 9.11. The number of furan rings is 1. The van der Waals surface area contributed by atoms with Crippen LogP contribution in [0, 0.1) is 5.92 Å². The first kappa shape index (κ1) is 14.1. The third kappa shape index (κ3) is 3.38. The van der Waals surface area contributed by atoms with Gasteiger partial charge in [-0.1, -0.05) is 13.3 Å². The zero-order valence-corrected chi connectivity index (χ0v) is 11.8. The Morgan fingerprint density at radius 2 is 2.11 bits per heavy atom. The SMILES string of the molecule is CCC1CCC(N(C)Cc2occc2C(=O)O)CC1. The Balaban J connectivity index is 1.92. The quantitative estimate of drug-likeness (QED) is 0.886. The zero-order valence-electron chi connectivity index (χ0n) is 11.8. The summed E-state index contributed by atoms with van der Waals surface area (Å²) in [7, 11) is 2.06. The van der Waals surface area contributed by atoms with E-state index in [0.29, 0.717) is 18.3 Å². The van der Waals surface area contributed by atoms with Gasteiger partial charge >= 0.3 is 5.97 Å². The van der Waals surface area contributed by atoms with E-state index < -0.39 is 5.97 Å². The largest absolute Gasteiger partial charge is 0.478 e. The monoisotopic (exact) mass is 265 g/mol. The van der Waals surface area contributed by atoms with Crippen LogP contribution >= 0.6 is 0 Å². The second-order valence-electron chi connectivity index (χ2n) is 5.56. The van der Waals surface area contributed by atoms with E-state index in [4.69, 9.17) is 9.52 Å². The van der Waals surface area contributed by atoms with E-state index in [9.17, 15) is 4.79 Å². The molecule has 1 aromatic rings. The molecule has 1 aliphatic carbocycles. The van der Waals surface area contributed by atoms with Crippen molar-refractivity contribution in [1.29, 1.82) is 0 Å². The molecule has 2 rings (SSSR count). The predicted octanol–water partition coefficient (Wildman–Crippen LogP) is 3.38. The van der Waals surface area contributed by atoms with E-state index in [1.807, 2.05) is 0 Å². The van der Waals surface area contributed by atoms with Crippen LogP contribution in [0.1, 0.15) is 55.1 Å². The molecule has 0 atom stereocenters. The van der Waals surface area contributed by atoms with Gasteiger partial charge in [-0.2, -0.15) is 0 Å². The Morgan fingerprint density at radius 3 is 2.68 bits per heavy atom. The highest BCUT2D eigenvalue weighted by atomic mass is 16.4. The van der Waals surface area contributed by atoms with Gasteiger partial charge in [0, 0.05) is 6.04 Å². The zero-order chi connectivity index (χ0) is 13.8. The summed E-state index contributed by atoms with van der Waals surface area (Å²) >= 11 is 0. The first-order valence-electron chi connectivity index (χ1n) is 7.11. The smallest absolute Gasteiger partial charge is 0.339 e. The van der Waals surface area contributed by atoms with Gasteiger partial charge in [-0.3, -0.25) is 4.90 Å². The molecule has 0 aliphatic heterocycles. The molecule has 19 heavy (non-hydrogen) atoms. The van der Waals surface area contributed by atoms with Crippen LogP contribution in [0.15, 0.2) is 16.7 Å². The molecule has 0 radical (unpaired) electrons. The van der Waals surface area contributed by atoms with Gasteiger partial charge in [0.2, 0.25) is 0 Å². The highest BCUT2D eigenvalue weighted by molar-refractivity contribution is 5.88. The minimum atomic E-state index is -0.910. The summed E-state index contributed by atoms with van der Waals surface area (Å²) in [4.78, 5) is 13.3. The van der Waals surface area contributed by atoms with Crippen molar-refractivity contribution in [1.82, 2.24) is 4.90 Å². The summed E-state index contributed by atoms with van der Waals surface area (Å²) in [5.41, 5.74) is 0.286. The third-order valence-corrected chi connectivity index (χ3v) is 4.39. The van der Waals surface area contributed by atoms with Crippen LogP contribution in [0.5, 0.6) is 0 Å². The summed E-state index contributed by atoms with van der Waals surface area (Å²) in [5.74, 6) is 0.530. The number of aromatic carboxylic acids is 1. The fraction of sp³-hybridized carbons (Fsp3) is 0.667. The van der Waals surface area contributed by atoms with Crippen LogP contribution in [0.4, 0.5) is 0 Å². The lowest BCUT2D eigenvalue weighted by molar-refractivity contribution is 0.0691. The normalized spacial score (nSPS) is 23.7. The molecule has 0 amide bonds. The van der Waals surface area contributed by atoms with Crippen LogP contribution < -0.4 is 0 Å². The van der Waals surface area contributed by atoms with Gasteiger partial charge in [-0.05, 0) is 44.7 Å². The molecule has 1 heterocycles. The van der Waals surface area contributed by atoms with Crippen molar-refractivity contribution >= 4 is 5.97 Å². The minimum absolute atomic E-state index is 0.286. The number of hydrogen-bond donors (Lipinski definition) is 1. The van der Waals surface area contributed by atoms with Gasteiger partial charge in [0.05, 0.1) is 12.8 Å². The molecular weight excluding hydrogens is 242 g/mol. The Bertz CT molecular complexity index is 419. The van der Waals surface area contributed by atoms with Gasteiger partial charge in [-0.25, -0.2) is 4.79 Å². The molecule has 4 heteroatoms. The first-order valence-corrected chi connectivity index (χ1v) is 7.11. The molecule has 0 aromatic carbocycles. The van der Waals surface area contributed by atoms with Crippen molar-refractivity contribution in [2.75, 3.05) is 7.05 Å². The van der Waals surface area contributed by atoms with E-state index in [1.54, 1.807) is 0 Å². The van der Waals surface area contributed by atoms with Gasteiger partial charge in [0.25, 0.3) is 0 Å². The lowest BCUT2D eigenvalue weighted by Gasteiger charge is -2.34. The molecule has 0 unspecified atom stereocenters. The van der Waals surface area contributed by atoms with Crippen LogP contribution in [0.3, 0.4) is 0 Å². The van der Waals surface area contributed by atoms with Gasteiger partial charge < -0.3 is 9.52 Å². The number of nitrogens with zero attached hydrogens (tertiary/aromatic N) is 1. The van der Waals surface area contributed by atoms with E-state index in [1.165, 1.54) is 44.4 Å². The van der Waals surface area contributed by atoms with E-state index >= 15 is 0 Å². The Labute approximate surface area is 114 Å². The fourth-order valence-electron chi connectivity index (χ4n) is 3.00. The topological polar surface area (TPSA) is 53.7 Å². The molecule has 4 nitrogen and oxygen atoms in total. The van der Waals surface area contributed by atoms with Crippen LogP contribution in [0.25, 0.3) is 0 Å². The van der Waals surface area contributed by atoms with Gasteiger partial charge in [0.1, 0.15) is 11.3 Å². The molecule has 0 spiro atoms. The average Bonchev–Trinajstić information content (AvgIpc) is 2.87. The second kappa shape index (κ2) is 6.24. The number of carbonyl (C=O) groups is 1. The molecule has 1 saturated carbocycles. The van der Waals surface area contributed by atoms with Crippen LogP contribution in [0.2, 0.25) is 0 Å². The lowest BCUT2D eigenvalue weighted by Crippen LogP contribution is -2.34. The standard InChI is InChI=1S/C15H23NO3/c1-3-11-4-6-12(7-5-11)16(2)10-14-13(15(17)18)8-9-19-14/h8-9,11-12H,3-7,10H2,1-2H3,(H,17,18). The average molecular weight is 265 g/mol. The molecule has 0 bridgehead atoms. The molecular formula is C15H23NO3. The maximum atomic E-state index is 11.0.